The maximum atomic E-state index is 5.98. The van der Waals surface area contributed by atoms with Gasteiger partial charge in [-0.15, -0.1) is 0 Å². The number of ether oxygens (including phenoxy) is 1. The molecule has 1 atom stereocenters. The molecule has 3 nitrogen and oxygen atoms in total. The zero-order valence-corrected chi connectivity index (χ0v) is 12.3. The third-order valence-electron chi connectivity index (χ3n) is 3.23. The standard InChI is InChI=1S/C17H22N2O/c1-4-13(3)20-15-7-5-6-14(11-15)19-17-10-12(2)8-9-16(17)18/h5-11,13,19H,4,18H2,1-3H3. The van der Waals surface area contributed by atoms with Gasteiger partial charge in [-0.3, -0.25) is 0 Å². The van der Waals surface area contributed by atoms with Gasteiger partial charge in [-0.2, -0.15) is 0 Å². The molecule has 0 amide bonds. The minimum absolute atomic E-state index is 0.217. The van der Waals surface area contributed by atoms with Crippen molar-refractivity contribution in [3.8, 4) is 5.75 Å². The van der Waals surface area contributed by atoms with Crippen LogP contribution in [0.3, 0.4) is 0 Å². The lowest BCUT2D eigenvalue weighted by molar-refractivity contribution is 0.217. The lowest BCUT2D eigenvalue weighted by Gasteiger charge is -2.15. The highest BCUT2D eigenvalue weighted by atomic mass is 16.5. The van der Waals surface area contributed by atoms with Crippen LogP contribution in [-0.2, 0) is 0 Å². The van der Waals surface area contributed by atoms with Crippen LogP contribution in [0.1, 0.15) is 25.8 Å². The van der Waals surface area contributed by atoms with E-state index in [-0.39, 0.29) is 6.10 Å². The zero-order chi connectivity index (χ0) is 14.5. The van der Waals surface area contributed by atoms with Gasteiger partial charge in [0.05, 0.1) is 17.5 Å². The van der Waals surface area contributed by atoms with Crippen LogP contribution >= 0.6 is 0 Å². The summed E-state index contributed by atoms with van der Waals surface area (Å²) in [7, 11) is 0. The quantitative estimate of drug-likeness (QED) is 0.786. The van der Waals surface area contributed by atoms with E-state index in [0.29, 0.717) is 0 Å². The molecule has 0 fully saturated rings. The fraction of sp³-hybridized carbons (Fsp3) is 0.294. The van der Waals surface area contributed by atoms with E-state index in [1.165, 1.54) is 5.56 Å². The van der Waals surface area contributed by atoms with Crippen molar-refractivity contribution in [2.24, 2.45) is 0 Å². The Hall–Kier alpha value is -2.16. The van der Waals surface area contributed by atoms with E-state index < -0.39 is 0 Å². The normalized spacial score (nSPS) is 11.9. The maximum absolute atomic E-state index is 5.98. The maximum Gasteiger partial charge on any atom is 0.121 e. The van der Waals surface area contributed by atoms with Crippen molar-refractivity contribution in [3.05, 3.63) is 48.0 Å². The molecule has 20 heavy (non-hydrogen) atoms. The molecule has 0 aliphatic rings. The first-order valence-corrected chi connectivity index (χ1v) is 6.98. The second-order valence-electron chi connectivity index (χ2n) is 5.08. The highest BCUT2D eigenvalue weighted by Crippen LogP contribution is 2.26. The Morgan fingerprint density at radius 1 is 1.20 bits per heavy atom. The second-order valence-corrected chi connectivity index (χ2v) is 5.08. The monoisotopic (exact) mass is 270 g/mol. The number of nitrogen functional groups attached to an aromatic ring is 1. The van der Waals surface area contributed by atoms with E-state index in [9.17, 15) is 0 Å². The number of anilines is 3. The van der Waals surface area contributed by atoms with Gasteiger partial charge in [-0.1, -0.05) is 19.1 Å². The Bertz CT molecular complexity index is 581. The molecule has 0 aliphatic carbocycles. The molecule has 0 aliphatic heterocycles. The second kappa shape index (κ2) is 6.33. The van der Waals surface area contributed by atoms with E-state index in [4.69, 9.17) is 10.5 Å². The van der Waals surface area contributed by atoms with Crippen molar-refractivity contribution in [2.75, 3.05) is 11.1 Å². The van der Waals surface area contributed by atoms with Crippen molar-refractivity contribution >= 4 is 17.1 Å². The van der Waals surface area contributed by atoms with Crippen molar-refractivity contribution < 1.29 is 4.74 Å². The van der Waals surface area contributed by atoms with Crippen molar-refractivity contribution in [2.45, 2.75) is 33.3 Å². The fourth-order valence-corrected chi connectivity index (χ4v) is 1.90. The molecule has 0 heterocycles. The summed E-state index contributed by atoms with van der Waals surface area (Å²) >= 11 is 0. The fourth-order valence-electron chi connectivity index (χ4n) is 1.90. The van der Waals surface area contributed by atoms with E-state index in [1.54, 1.807) is 0 Å². The van der Waals surface area contributed by atoms with Crippen LogP contribution in [0, 0.1) is 6.92 Å². The van der Waals surface area contributed by atoms with Crippen LogP contribution in [0.5, 0.6) is 5.75 Å². The topological polar surface area (TPSA) is 47.3 Å². The van der Waals surface area contributed by atoms with Gasteiger partial charge in [-0.25, -0.2) is 0 Å². The van der Waals surface area contributed by atoms with Gasteiger partial charge in [0.15, 0.2) is 0 Å². The number of aryl methyl sites for hydroxylation is 1. The molecule has 0 saturated heterocycles. The lowest BCUT2D eigenvalue weighted by atomic mass is 10.2. The first kappa shape index (κ1) is 14.3. The summed E-state index contributed by atoms with van der Waals surface area (Å²) in [6.07, 6.45) is 1.21. The summed E-state index contributed by atoms with van der Waals surface area (Å²) in [4.78, 5) is 0. The number of nitrogens with one attached hydrogen (secondary N) is 1. The van der Waals surface area contributed by atoms with Crippen molar-refractivity contribution in [1.29, 1.82) is 0 Å². The van der Waals surface area contributed by atoms with Gasteiger partial charge in [0.25, 0.3) is 0 Å². The van der Waals surface area contributed by atoms with Gasteiger partial charge in [0, 0.05) is 11.8 Å². The Labute approximate surface area is 120 Å². The molecule has 0 aromatic heterocycles. The predicted molar refractivity (Wildman–Crippen MR) is 85.7 cm³/mol. The summed E-state index contributed by atoms with van der Waals surface area (Å²) in [5, 5.41) is 3.34. The third-order valence-corrected chi connectivity index (χ3v) is 3.23. The van der Waals surface area contributed by atoms with E-state index in [2.05, 4.69) is 19.2 Å². The molecule has 2 rings (SSSR count). The van der Waals surface area contributed by atoms with Gasteiger partial charge in [-0.05, 0) is 50.1 Å². The average molecular weight is 270 g/mol. The molecule has 0 spiro atoms. The van der Waals surface area contributed by atoms with Gasteiger partial charge < -0.3 is 15.8 Å². The van der Waals surface area contributed by atoms with Crippen LogP contribution in [0.15, 0.2) is 42.5 Å². The van der Waals surface area contributed by atoms with Crippen LogP contribution < -0.4 is 15.8 Å². The smallest absolute Gasteiger partial charge is 0.121 e. The Morgan fingerprint density at radius 3 is 2.75 bits per heavy atom. The van der Waals surface area contributed by atoms with Crippen molar-refractivity contribution in [3.63, 3.8) is 0 Å². The molecule has 0 bridgehead atoms. The highest BCUT2D eigenvalue weighted by Gasteiger charge is 2.04. The molecular weight excluding hydrogens is 248 g/mol. The first-order chi connectivity index (χ1) is 9.58. The molecule has 2 aromatic rings. The predicted octanol–water partition coefficient (Wildman–Crippen LogP) is 4.50. The average Bonchev–Trinajstić information content (AvgIpc) is 2.43. The molecule has 106 valence electrons. The summed E-state index contributed by atoms with van der Waals surface area (Å²) in [6, 6.07) is 13.9. The van der Waals surface area contributed by atoms with Crippen LogP contribution in [0.2, 0.25) is 0 Å². The number of benzene rings is 2. The van der Waals surface area contributed by atoms with Crippen LogP contribution in [0.25, 0.3) is 0 Å². The number of nitrogens with two attached hydrogens (primary N) is 1. The van der Waals surface area contributed by atoms with Gasteiger partial charge in [0.1, 0.15) is 5.75 Å². The molecule has 0 radical (unpaired) electrons. The minimum atomic E-state index is 0.217. The van der Waals surface area contributed by atoms with E-state index >= 15 is 0 Å². The Kier molecular flexibility index (Phi) is 4.51. The van der Waals surface area contributed by atoms with Crippen LogP contribution in [-0.4, -0.2) is 6.10 Å². The SMILES string of the molecule is CCC(C)Oc1cccc(Nc2cc(C)ccc2N)c1. The van der Waals surface area contributed by atoms with E-state index in [1.807, 2.05) is 49.4 Å². The molecular formula is C17H22N2O. The molecule has 1 unspecified atom stereocenters. The third kappa shape index (κ3) is 3.67. The van der Waals surface area contributed by atoms with Gasteiger partial charge >= 0.3 is 0 Å². The molecule has 2 aromatic carbocycles. The Morgan fingerprint density at radius 2 is 2.00 bits per heavy atom. The summed E-state index contributed by atoms with van der Waals surface area (Å²) in [6.45, 7) is 6.23. The lowest BCUT2D eigenvalue weighted by Crippen LogP contribution is -2.09. The Balaban J connectivity index is 2.17. The largest absolute Gasteiger partial charge is 0.491 e. The molecule has 3 N–H and O–H groups in total. The summed E-state index contributed by atoms with van der Waals surface area (Å²) in [5.74, 6) is 0.871. The summed E-state index contributed by atoms with van der Waals surface area (Å²) < 4.78 is 5.82. The zero-order valence-electron chi connectivity index (χ0n) is 12.3. The number of hydrogen-bond acceptors (Lipinski definition) is 3. The minimum Gasteiger partial charge on any atom is -0.491 e. The van der Waals surface area contributed by atoms with Gasteiger partial charge in [0.2, 0.25) is 0 Å². The number of rotatable bonds is 5. The molecule has 3 heteroatoms. The van der Waals surface area contributed by atoms with E-state index in [0.717, 1.165) is 29.2 Å². The van der Waals surface area contributed by atoms with Crippen molar-refractivity contribution in [1.82, 2.24) is 0 Å². The molecule has 0 saturated carbocycles. The first-order valence-electron chi connectivity index (χ1n) is 6.98. The van der Waals surface area contributed by atoms with Crippen LogP contribution in [0.4, 0.5) is 17.1 Å². The number of hydrogen-bond donors (Lipinski definition) is 2. The summed E-state index contributed by atoms with van der Waals surface area (Å²) in [5.41, 5.74) is 9.80. The highest BCUT2D eigenvalue weighted by molar-refractivity contribution is 5.73.